The van der Waals surface area contributed by atoms with E-state index in [0.717, 1.165) is 50.8 Å². The van der Waals surface area contributed by atoms with E-state index >= 15 is 0 Å². The topological polar surface area (TPSA) is 46.4 Å². The van der Waals surface area contributed by atoms with Gasteiger partial charge in [-0.15, -0.1) is 0 Å². The summed E-state index contributed by atoms with van der Waals surface area (Å²) in [6, 6.07) is 3.63. The Morgan fingerprint density at radius 1 is 1.23 bits per heavy atom. The highest BCUT2D eigenvalue weighted by Gasteiger charge is 2.40. The van der Waals surface area contributed by atoms with E-state index in [1.807, 2.05) is 4.90 Å². The van der Waals surface area contributed by atoms with Crippen LogP contribution in [0.5, 0.6) is 0 Å². The molecule has 0 aromatic heterocycles. The van der Waals surface area contributed by atoms with Crippen LogP contribution in [0.2, 0.25) is 0 Å². The van der Waals surface area contributed by atoms with E-state index in [-0.39, 0.29) is 6.04 Å². The Kier molecular flexibility index (Phi) is 3.74. The summed E-state index contributed by atoms with van der Waals surface area (Å²) in [6.45, 7) is 0.719. The van der Waals surface area contributed by atoms with Crippen LogP contribution in [0.25, 0.3) is 0 Å². The smallest absolute Gasteiger partial charge is 0.369 e. The number of halogens is 3. The van der Waals surface area contributed by atoms with Crippen molar-refractivity contribution in [1.29, 1.82) is 0 Å². The molecule has 3 rings (SSSR count). The summed E-state index contributed by atoms with van der Waals surface area (Å²) in [6.07, 6.45) is 0.482. The minimum Gasteiger partial charge on any atom is -0.369 e. The quantitative estimate of drug-likeness (QED) is 0.601. The maximum Gasteiger partial charge on any atom is 0.423 e. The molecule has 1 saturated heterocycles. The fraction of sp³-hybridized carbons (Fsp3) is 0.600. The van der Waals surface area contributed by atoms with Crippen LogP contribution in [0.3, 0.4) is 0 Å². The van der Waals surface area contributed by atoms with Gasteiger partial charge in [0.1, 0.15) is 5.56 Å². The molecule has 2 fully saturated rings. The SMILES string of the molecule is O=[N+]([O-])c1ccc(N2CCCC3CCC2C3)cc1C(F)(F)F. The molecular formula is C15H17F3N2O2. The molecule has 4 nitrogen and oxygen atoms in total. The van der Waals surface area contributed by atoms with Crippen molar-refractivity contribution >= 4 is 11.4 Å². The van der Waals surface area contributed by atoms with E-state index < -0.39 is 22.4 Å². The summed E-state index contributed by atoms with van der Waals surface area (Å²) in [4.78, 5) is 11.9. The predicted octanol–water partition coefficient (Wildman–Crippen LogP) is 4.38. The Hall–Kier alpha value is -1.79. The van der Waals surface area contributed by atoms with E-state index in [1.54, 1.807) is 0 Å². The zero-order chi connectivity index (χ0) is 15.9. The number of hydrogen-bond donors (Lipinski definition) is 0. The maximum atomic E-state index is 13.1. The minimum absolute atomic E-state index is 0.259. The van der Waals surface area contributed by atoms with Crippen molar-refractivity contribution in [2.24, 2.45) is 5.92 Å². The third-order valence-corrected chi connectivity index (χ3v) is 4.78. The highest BCUT2D eigenvalue weighted by Crippen LogP contribution is 2.42. The largest absolute Gasteiger partial charge is 0.423 e. The lowest BCUT2D eigenvalue weighted by Crippen LogP contribution is -2.33. The highest BCUT2D eigenvalue weighted by molar-refractivity contribution is 5.57. The molecule has 7 heteroatoms. The number of alkyl halides is 3. The lowest BCUT2D eigenvalue weighted by Gasteiger charge is -2.30. The molecule has 2 aliphatic rings. The van der Waals surface area contributed by atoms with E-state index in [4.69, 9.17) is 0 Å². The van der Waals surface area contributed by atoms with Crippen LogP contribution < -0.4 is 4.90 Å². The molecule has 1 heterocycles. The molecule has 0 N–H and O–H groups in total. The number of fused-ring (bicyclic) bond motifs is 2. The van der Waals surface area contributed by atoms with E-state index in [9.17, 15) is 23.3 Å². The molecule has 0 radical (unpaired) electrons. The fourth-order valence-electron chi connectivity index (χ4n) is 3.76. The molecule has 0 spiro atoms. The third kappa shape index (κ3) is 2.76. The standard InChI is InChI=1S/C15H17F3N2O2/c16-15(17,18)13-9-12(5-6-14(13)20(21)22)19-7-1-2-10-3-4-11(19)8-10/h5-6,9-11H,1-4,7-8H2. The van der Waals surface area contributed by atoms with Crippen LogP contribution in [0.4, 0.5) is 24.5 Å². The summed E-state index contributed by atoms with van der Waals surface area (Å²) in [7, 11) is 0. The molecule has 1 aliphatic carbocycles. The van der Waals surface area contributed by atoms with Gasteiger partial charge in [-0.25, -0.2) is 0 Å². The van der Waals surface area contributed by atoms with Gasteiger partial charge in [-0.2, -0.15) is 13.2 Å². The number of hydrogen-bond acceptors (Lipinski definition) is 3. The molecule has 1 saturated carbocycles. The summed E-state index contributed by atoms with van der Waals surface area (Å²) in [5, 5.41) is 10.8. The summed E-state index contributed by atoms with van der Waals surface area (Å²) in [5.41, 5.74) is -1.59. The van der Waals surface area contributed by atoms with E-state index in [2.05, 4.69) is 0 Å². The Balaban J connectivity index is 1.99. The van der Waals surface area contributed by atoms with Crippen LogP contribution in [0.15, 0.2) is 18.2 Å². The Bertz CT molecular complexity index is 589. The fourth-order valence-corrected chi connectivity index (χ4v) is 3.76. The van der Waals surface area contributed by atoms with Crippen LogP contribution in [0, 0.1) is 16.0 Å². The second-order valence-electron chi connectivity index (χ2n) is 6.12. The molecule has 22 heavy (non-hydrogen) atoms. The van der Waals surface area contributed by atoms with Crippen molar-refractivity contribution < 1.29 is 18.1 Å². The monoisotopic (exact) mass is 314 g/mol. The molecule has 1 aromatic rings. The Labute approximate surface area is 126 Å². The molecule has 0 amide bonds. The van der Waals surface area contributed by atoms with E-state index in [1.165, 1.54) is 6.07 Å². The first-order chi connectivity index (χ1) is 10.4. The number of nitro benzene ring substituents is 1. The Morgan fingerprint density at radius 3 is 2.68 bits per heavy atom. The molecule has 120 valence electrons. The van der Waals surface area contributed by atoms with Gasteiger partial charge < -0.3 is 4.90 Å². The minimum atomic E-state index is -4.72. The van der Waals surface area contributed by atoms with E-state index in [0.29, 0.717) is 11.6 Å². The first-order valence-corrected chi connectivity index (χ1v) is 7.48. The van der Waals surface area contributed by atoms with Crippen LogP contribution in [0.1, 0.15) is 37.7 Å². The summed E-state index contributed by atoms with van der Waals surface area (Å²) >= 11 is 0. The van der Waals surface area contributed by atoms with Gasteiger partial charge >= 0.3 is 6.18 Å². The highest BCUT2D eigenvalue weighted by atomic mass is 19.4. The molecule has 2 atom stereocenters. The van der Waals surface area contributed by atoms with Crippen molar-refractivity contribution in [3.8, 4) is 0 Å². The predicted molar refractivity (Wildman–Crippen MR) is 75.8 cm³/mol. The first-order valence-electron chi connectivity index (χ1n) is 7.48. The molecule has 2 unspecified atom stereocenters. The van der Waals surface area contributed by atoms with Crippen molar-refractivity contribution in [1.82, 2.24) is 0 Å². The second-order valence-corrected chi connectivity index (χ2v) is 6.12. The number of rotatable bonds is 2. The average Bonchev–Trinajstić information content (AvgIpc) is 2.78. The van der Waals surface area contributed by atoms with Gasteiger partial charge in [0, 0.05) is 24.3 Å². The summed E-state index contributed by atoms with van der Waals surface area (Å²) in [5.74, 6) is 0.676. The first kappa shape index (κ1) is 15.1. The normalized spacial score (nSPS) is 25.1. The van der Waals surface area contributed by atoms with Crippen LogP contribution in [-0.4, -0.2) is 17.5 Å². The van der Waals surface area contributed by atoms with Crippen molar-refractivity contribution in [3.05, 3.63) is 33.9 Å². The number of nitro groups is 1. The van der Waals surface area contributed by atoms with Gasteiger partial charge in [-0.1, -0.05) is 0 Å². The van der Waals surface area contributed by atoms with Crippen molar-refractivity contribution in [3.63, 3.8) is 0 Å². The van der Waals surface area contributed by atoms with Gasteiger partial charge in [0.15, 0.2) is 0 Å². The number of anilines is 1. The Morgan fingerprint density at radius 2 is 2.00 bits per heavy atom. The van der Waals surface area contributed by atoms with Crippen molar-refractivity contribution in [2.75, 3.05) is 11.4 Å². The van der Waals surface area contributed by atoms with Gasteiger partial charge in [0.25, 0.3) is 5.69 Å². The van der Waals surface area contributed by atoms with Gasteiger partial charge in [-0.3, -0.25) is 10.1 Å². The molecule has 2 bridgehead atoms. The maximum absolute atomic E-state index is 13.1. The zero-order valence-corrected chi connectivity index (χ0v) is 12.0. The lowest BCUT2D eigenvalue weighted by molar-refractivity contribution is -0.388. The van der Waals surface area contributed by atoms with Gasteiger partial charge in [0.2, 0.25) is 0 Å². The lowest BCUT2D eigenvalue weighted by atomic mass is 10.0. The van der Waals surface area contributed by atoms with Crippen LogP contribution >= 0.6 is 0 Å². The van der Waals surface area contributed by atoms with Crippen molar-refractivity contribution in [2.45, 2.75) is 44.3 Å². The van der Waals surface area contributed by atoms with Gasteiger partial charge in [0.05, 0.1) is 4.92 Å². The van der Waals surface area contributed by atoms with Crippen LogP contribution in [-0.2, 0) is 6.18 Å². The van der Waals surface area contributed by atoms with Gasteiger partial charge in [-0.05, 0) is 50.2 Å². The molecule has 1 aromatic carbocycles. The number of nitrogens with zero attached hydrogens (tertiary/aromatic N) is 2. The third-order valence-electron chi connectivity index (χ3n) is 4.78. The molecular weight excluding hydrogens is 297 g/mol. The zero-order valence-electron chi connectivity index (χ0n) is 12.0. The second kappa shape index (κ2) is 5.44. The molecule has 1 aliphatic heterocycles. The summed E-state index contributed by atoms with van der Waals surface area (Å²) < 4.78 is 39.3. The average molecular weight is 314 g/mol. The number of benzene rings is 1.